The Labute approximate surface area is 124 Å². The molecule has 0 aromatic heterocycles. The van der Waals surface area contributed by atoms with Gasteiger partial charge in [0.05, 0.1) is 0 Å². The van der Waals surface area contributed by atoms with Crippen molar-refractivity contribution in [2.45, 2.75) is 90.9 Å². The van der Waals surface area contributed by atoms with Gasteiger partial charge in [0.15, 0.2) is 0 Å². The van der Waals surface area contributed by atoms with Crippen molar-refractivity contribution in [3.05, 3.63) is 0 Å². The van der Waals surface area contributed by atoms with Crippen LogP contribution in [0.4, 0.5) is 0 Å². The van der Waals surface area contributed by atoms with Crippen LogP contribution in [0.5, 0.6) is 0 Å². The Morgan fingerprint density at radius 1 is 1.20 bits per heavy atom. The van der Waals surface area contributed by atoms with Crippen molar-refractivity contribution in [3.8, 4) is 0 Å². The summed E-state index contributed by atoms with van der Waals surface area (Å²) in [5.74, 6) is 0.812. The first-order chi connectivity index (χ1) is 9.72. The highest BCUT2D eigenvalue weighted by molar-refractivity contribution is 5.87. The number of unbranched alkanes of at least 4 members (excludes halogenated alkanes) is 6. The van der Waals surface area contributed by atoms with Gasteiger partial charge in [0.1, 0.15) is 0 Å². The van der Waals surface area contributed by atoms with Crippen molar-refractivity contribution in [2.24, 2.45) is 11.0 Å². The number of carbonyl (C=O) groups excluding carboxylic acids is 1. The Kier molecular flexibility index (Phi) is 9.35. The van der Waals surface area contributed by atoms with E-state index in [1.165, 1.54) is 57.1 Å². The van der Waals surface area contributed by atoms with Crippen LogP contribution in [0.15, 0.2) is 5.10 Å². The summed E-state index contributed by atoms with van der Waals surface area (Å²) in [4.78, 5) is 11.7. The number of amides is 1. The minimum absolute atomic E-state index is 0.0873. The Morgan fingerprint density at radius 3 is 2.60 bits per heavy atom. The monoisotopic (exact) mass is 280 g/mol. The number of nitrogens with zero attached hydrogens (tertiary/aromatic N) is 1. The van der Waals surface area contributed by atoms with Crippen molar-refractivity contribution in [3.63, 3.8) is 0 Å². The predicted molar refractivity (Wildman–Crippen MR) is 85.8 cm³/mol. The fourth-order valence-electron chi connectivity index (χ4n) is 2.80. The van der Waals surface area contributed by atoms with Gasteiger partial charge in [0, 0.05) is 12.1 Å². The molecule has 1 aliphatic carbocycles. The summed E-state index contributed by atoms with van der Waals surface area (Å²) < 4.78 is 0. The van der Waals surface area contributed by atoms with Crippen molar-refractivity contribution < 1.29 is 4.79 Å². The second-order valence-electron chi connectivity index (χ2n) is 6.29. The summed E-state index contributed by atoms with van der Waals surface area (Å²) in [5.41, 5.74) is 3.91. The molecule has 3 heteroatoms. The third kappa shape index (κ3) is 8.34. The Morgan fingerprint density at radius 2 is 1.90 bits per heavy atom. The normalized spacial score (nSPS) is 21.1. The van der Waals surface area contributed by atoms with Gasteiger partial charge in [-0.3, -0.25) is 4.79 Å². The number of carbonyl (C=O) groups is 1. The lowest BCUT2D eigenvalue weighted by Crippen LogP contribution is -2.21. The Balaban J connectivity index is 2.01. The SMILES string of the molecule is CCCCCCCCCC(=O)N/N=C1\CCCC(C)C1. The maximum absolute atomic E-state index is 11.7. The van der Waals surface area contributed by atoms with Crippen molar-refractivity contribution in [2.75, 3.05) is 0 Å². The Hall–Kier alpha value is -0.860. The highest BCUT2D eigenvalue weighted by Crippen LogP contribution is 2.20. The van der Waals surface area contributed by atoms with Crippen LogP contribution in [-0.2, 0) is 4.79 Å². The topological polar surface area (TPSA) is 41.5 Å². The molecule has 0 saturated heterocycles. The lowest BCUT2D eigenvalue weighted by molar-refractivity contribution is -0.121. The smallest absolute Gasteiger partial charge is 0.240 e. The number of rotatable bonds is 9. The number of hydrogen-bond donors (Lipinski definition) is 1. The van der Waals surface area contributed by atoms with Gasteiger partial charge < -0.3 is 0 Å². The van der Waals surface area contributed by atoms with Gasteiger partial charge in [0.25, 0.3) is 0 Å². The fraction of sp³-hybridized carbons (Fsp3) is 0.882. The van der Waals surface area contributed by atoms with E-state index in [0.717, 1.165) is 25.2 Å². The minimum atomic E-state index is 0.0873. The molecule has 0 aromatic carbocycles. The van der Waals surface area contributed by atoms with Crippen molar-refractivity contribution in [1.82, 2.24) is 5.43 Å². The van der Waals surface area contributed by atoms with E-state index < -0.39 is 0 Å². The first-order valence-corrected chi connectivity index (χ1v) is 8.56. The largest absolute Gasteiger partial charge is 0.273 e. The van der Waals surface area contributed by atoms with Crippen molar-refractivity contribution in [1.29, 1.82) is 0 Å². The van der Waals surface area contributed by atoms with E-state index in [9.17, 15) is 4.79 Å². The van der Waals surface area contributed by atoms with Crippen LogP contribution in [0, 0.1) is 5.92 Å². The highest BCUT2D eigenvalue weighted by atomic mass is 16.2. The van der Waals surface area contributed by atoms with E-state index in [2.05, 4.69) is 24.4 Å². The molecule has 0 bridgehead atoms. The van der Waals surface area contributed by atoms with Gasteiger partial charge in [-0.05, 0) is 38.0 Å². The molecule has 20 heavy (non-hydrogen) atoms. The van der Waals surface area contributed by atoms with Crippen LogP contribution in [0.1, 0.15) is 90.9 Å². The fourth-order valence-corrected chi connectivity index (χ4v) is 2.80. The van der Waals surface area contributed by atoms with Gasteiger partial charge in [-0.1, -0.05) is 52.4 Å². The summed E-state index contributed by atoms with van der Waals surface area (Å²) in [6.45, 7) is 4.49. The Bertz CT molecular complexity index is 299. The molecule has 1 unspecified atom stereocenters. The second kappa shape index (κ2) is 10.9. The molecule has 0 heterocycles. The van der Waals surface area contributed by atoms with Crippen LogP contribution in [0.3, 0.4) is 0 Å². The van der Waals surface area contributed by atoms with Gasteiger partial charge in [-0.2, -0.15) is 5.10 Å². The molecule has 0 radical (unpaired) electrons. The molecular formula is C17H32N2O. The molecule has 0 spiro atoms. The summed E-state index contributed by atoms with van der Waals surface area (Å²) in [5, 5.41) is 4.29. The molecule has 3 nitrogen and oxygen atoms in total. The van der Waals surface area contributed by atoms with E-state index in [4.69, 9.17) is 0 Å². The number of hydrogen-bond acceptors (Lipinski definition) is 2. The third-order valence-corrected chi connectivity index (χ3v) is 4.09. The van der Waals surface area contributed by atoms with E-state index >= 15 is 0 Å². The molecule has 1 N–H and O–H groups in total. The summed E-state index contributed by atoms with van der Waals surface area (Å²) in [6, 6.07) is 0. The maximum Gasteiger partial charge on any atom is 0.240 e. The predicted octanol–water partition coefficient (Wildman–Crippen LogP) is 4.81. The van der Waals surface area contributed by atoms with E-state index in [0.29, 0.717) is 6.42 Å². The molecule has 1 fully saturated rings. The molecule has 1 saturated carbocycles. The molecule has 116 valence electrons. The number of hydrazone groups is 1. The van der Waals surface area contributed by atoms with E-state index in [1.807, 2.05) is 0 Å². The molecule has 1 atom stereocenters. The molecule has 0 aliphatic heterocycles. The van der Waals surface area contributed by atoms with Gasteiger partial charge in [0.2, 0.25) is 5.91 Å². The average Bonchev–Trinajstić information content (AvgIpc) is 2.44. The third-order valence-electron chi connectivity index (χ3n) is 4.09. The lowest BCUT2D eigenvalue weighted by Gasteiger charge is -2.18. The van der Waals surface area contributed by atoms with Crippen LogP contribution < -0.4 is 5.43 Å². The van der Waals surface area contributed by atoms with Gasteiger partial charge in [-0.25, -0.2) is 5.43 Å². The average molecular weight is 280 g/mol. The summed E-state index contributed by atoms with van der Waals surface area (Å²) >= 11 is 0. The van der Waals surface area contributed by atoms with Crippen LogP contribution in [0.2, 0.25) is 0 Å². The lowest BCUT2D eigenvalue weighted by atomic mass is 9.89. The van der Waals surface area contributed by atoms with Crippen LogP contribution in [0.25, 0.3) is 0 Å². The summed E-state index contributed by atoms with van der Waals surface area (Å²) in [6.07, 6.45) is 14.0. The highest BCUT2D eigenvalue weighted by Gasteiger charge is 2.14. The maximum atomic E-state index is 11.7. The molecule has 1 amide bonds. The molecule has 1 rings (SSSR count). The van der Waals surface area contributed by atoms with E-state index in [-0.39, 0.29) is 5.91 Å². The van der Waals surface area contributed by atoms with Crippen LogP contribution in [-0.4, -0.2) is 11.6 Å². The van der Waals surface area contributed by atoms with Gasteiger partial charge in [-0.15, -0.1) is 0 Å². The first-order valence-electron chi connectivity index (χ1n) is 8.56. The van der Waals surface area contributed by atoms with Gasteiger partial charge >= 0.3 is 0 Å². The second-order valence-corrected chi connectivity index (χ2v) is 6.29. The molecular weight excluding hydrogens is 248 g/mol. The standard InChI is InChI=1S/C17H32N2O/c1-3-4-5-6-7-8-9-13-17(20)19-18-16-12-10-11-15(2)14-16/h15H,3-14H2,1-2H3,(H,19,20)/b18-16+. The molecule has 0 aromatic rings. The zero-order valence-corrected chi connectivity index (χ0v) is 13.4. The van der Waals surface area contributed by atoms with E-state index in [1.54, 1.807) is 0 Å². The zero-order chi connectivity index (χ0) is 14.6. The van der Waals surface area contributed by atoms with Crippen molar-refractivity contribution >= 4 is 11.6 Å². The zero-order valence-electron chi connectivity index (χ0n) is 13.4. The number of nitrogens with one attached hydrogen (secondary N) is 1. The molecule has 1 aliphatic rings. The van der Waals surface area contributed by atoms with Crippen LogP contribution >= 0.6 is 0 Å². The first kappa shape index (κ1) is 17.2. The summed E-state index contributed by atoms with van der Waals surface area (Å²) in [7, 11) is 0. The quantitative estimate of drug-likeness (QED) is 0.478. The minimum Gasteiger partial charge on any atom is -0.273 e.